The van der Waals surface area contributed by atoms with E-state index in [1.54, 1.807) is 75.6 Å². The number of allylic oxidation sites excluding steroid dienone is 1. The fourth-order valence-electron chi connectivity index (χ4n) is 4.68. The first-order valence-corrected chi connectivity index (χ1v) is 14.8. The smallest absolute Gasteiger partial charge is 0.343 e. The van der Waals surface area contributed by atoms with Crippen LogP contribution < -0.4 is 29.1 Å². The van der Waals surface area contributed by atoms with Gasteiger partial charge in [0.05, 0.1) is 48.2 Å². The van der Waals surface area contributed by atoms with Crippen molar-refractivity contribution in [2.75, 3.05) is 20.8 Å². The third-order valence-corrected chi connectivity index (χ3v) is 8.17. The van der Waals surface area contributed by atoms with Gasteiger partial charge in [-0.25, -0.2) is 14.6 Å². The van der Waals surface area contributed by atoms with Crippen LogP contribution in [-0.4, -0.2) is 37.3 Å². The Hall–Kier alpha value is -4.48. The van der Waals surface area contributed by atoms with Crippen molar-refractivity contribution in [3.05, 3.63) is 119 Å². The average molecular weight is 664 g/mol. The Morgan fingerprint density at radius 2 is 1.77 bits per heavy atom. The standard InChI is InChI=1S/C32H27BrN2O7S/c1-5-41-31(38)27-18(2)34-32-35(28(27)20-10-12-23(39-3)13-11-20)29(36)26(43-32)16-19-9-14-24(25(15-19)40-4)42-30(37)21-7-6-8-22(33)17-21/h6-17,28H,5H2,1-4H3/b26-16-. The number of halogens is 1. The first-order chi connectivity index (χ1) is 20.7. The number of hydrogen-bond donors (Lipinski definition) is 0. The van der Waals surface area contributed by atoms with E-state index in [-0.39, 0.29) is 17.9 Å². The lowest BCUT2D eigenvalue weighted by Crippen LogP contribution is -2.39. The first kappa shape index (κ1) is 30.0. The van der Waals surface area contributed by atoms with Crippen LogP contribution in [0.15, 0.2) is 92.3 Å². The van der Waals surface area contributed by atoms with Crippen molar-refractivity contribution in [3.63, 3.8) is 0 Å². The van der Waals surface area contributed by atoms with Crippen LogP contribution in [0.4, 0.5) is 0 Å². The Labute approximate surface area is 259 Å². The molecule has 1 atom stereocenters. The minimum Gasteiger partial charge on any atom is -0.497 e. The summed E-state index contributed by atoms with van der Waals surface area (Å²) >= 11 is 4.56. The number of hydrogen-bond acceptors (Lipinski definition) is 9. The maximum absolute atomic E-state index is 13.9. The van der Waals surface area contributed by atoms with Gasteiger partial charge in [-0.1, -0.05) is 51.5 Å². The molecule has 0 saturated carbocycles. The number of benzene rings is 3. The van der Waals surface area contributed by atoms with Crippen LogP contribution in [0.1, 0.15) is 41.4 Å². The molecule has 1 aliphatic rings. The number of rotatable bonds is 8. The molecule has 1 aliphatic heterocycles. The molecule has 0 amide bonds. The molecule has 0 bridgehead atoms. The molecule has 5 rings (SSSR count). The van der Waals surface area contributed by atoms with Gasteiger partial charge in [0.25, 0.3) is 5.56 Å². The number of nitrogens with zero attached hydrogens (tertiary/aromatic N) is 2. The van der Waals surface area contributed by atoms with E-state index in [0.29, 0.717) is 48.8 Å². The van der Waals surface area contributed by atoms with Gasteiger partial charge >= 0.3 is 11.9 Å². The molecule has 0 N–H and O–H groups in total. The van der Waals surface area contributed by atoms with Crippen LogP contribution in [0.5, 0.6) is 17.2 Å². The highest BCUT2D eigenvalue weighted by atomic mass is 79.9. The molecule has 11 heteroatoms. The van der Waals surface area contributed by atoms with Gasteiger partial charge in [-0.3, -0.25) is 9.36 Å². The summed E-state index contributed by atoms with van der Waals surface area (Å²) in [5.41, 5.74) is 2.19. The van der Waals surface area contributed by atoms with E-state index in [2.05, 4.69) is 20.9 Å². The Kier molecular flexibility index (Phi) is 8.93. The Morgan fingerprint density at radius 3 is 2.44 bits per heavy atom. The summed E-state index contributed by atoms with van der Waals surface area (Å²) in [4.78, 5) is 44.7. The van der Waals surface area contributed by atoms with Crippen LogP contribution in [0.3, 0.4) is 0 Å². The molecule has 0 saturated heterocycles. The molecule has 0 spiro atoms. The van der Waals surface area contributed by atoms with Gasteiger partial charge in [-0.15, -0.1) is 0 Å². The van der Waals surface area contributed by atoms with Gasteiger partial charge in [-0.2, -0.15) is 0 Å². The first-order valence-electron chi connectivity index (χ1n) is 13.2. The summed E-state index contributed by atoms with van der Waals surface area (Å²) in [6.45, 7) is 3.65. The highest BCUT2D eigenvalue weighted by Gasteiger charge is 2.33. The van der Waals surface area contributed by atoms with Crippen LogP contribution in [0.2, 0.25) is 0 Å². The lowest BCUT2D eigenvalue weighted by Gasteiger charge is -2.24. The Bertz CT molecular complexity index is 1930. The number of carbonyl (C=O) groups excluding carboxylic acids is 2. The minimum atomic E-state index is -0.738. The monoisotopic (exact) mass is 662 g/mol. The van der Waals surface area contributed by atoms with E-state index in [0.717, 1.165) is 4.47 Å². The normalized spacial score (nSPS) is 14.5. The quantitative estimate of drug-likeness (QED) is 0.197. The van der Waals surface area contributed by atoms with E-state index < -0.39 is 18.0 Å². The minimum absolute atomic E-state index is 0.186. The molecule has 0 fully saturated rings. The van der Waals surface area contributed by atoms with Crippen molar-refractivity contribution in [3.8, 4) is 17.2 Å². The van der Waals surface area contributed by atoms with Gasteiger partial charge in [0.1, 0.15) is 5.75 Å². The number of thiazole rings is 1. The van der Waals surface area contributed by atoms with Gasteiger partial charge < -0.3 is 18.9 Å². The molecule has 2 heterocycles. The van der Waals surface area contributed by atoms with Crippen molar-refractivity contribution >= 4 is 45.3 Å². The largest absolute Gasteiger partial charge is 0.497 e. The number of esters is 2. The number of ether oxygens (including phenoxy) is 4. The molecule has 3 aromatic carbocycles. The molecule has 220 valence electrons. The van der Waals surface area contributed by atoms with Crippen molar-refractivity contribution in [2.45, 2.75) is 19.9 Å². The predicted octanol–water partition coefficient (Wildman–Crippen LogP) is 4.80. The van der Waals surface area contributed by atoms with E-state index >= 15 is 0 Å². The second-order valence-corrected chi connectivity index (χ2v) is 11.3. The van der Waals surface area contributed by atoms with Crippen molar-refractivity contribution < 1.29 is 28.5 Å². The van der Waals surface area contributed by atoms with Crippen molar-refractivity contribution in [1.82, 2.24) is 4.57 Å². The summed E-state index contributed by atoms with van der Waals surface area (Å²) in [6, 6.07) is 18.3. The number of carbonyl (C=O) groups is 2. The second kappa shape index (κ2) is 12.8. The predicted molar refractivity (Wildman–Crippen MR) is 165 cm³/mol. The zero-order valence-corrected chi connectivity index (χ0v) is 26.2. The van der Waals surface area contributed by atoms with E-state index in [1.165, 1.54) is 23.0 Å². The van der Waals surface area contributed by atoms with Crippen molar-refractivity contribution in [1.29, 1.82) is 0 Å². The average Bonchev–Trinajstić information content (AvgIpc) is 3.30. The summed E-state index contributed by atoms with van der Waals surface area (Å²) in [5, 5.41) is 0. The highest BCUT2D eigenvalue weighted by molar-refractivity contribution is 9.10. The third-order valence-electron chi connectivity index (χ3n) is 6.70. The lowest BCUT2D eigenvalue weighted by atomic mass is 9.96. The maximum atomic E-state index is 13.9. The molecular formula is C32H27BrN2O7S. The third kappa shape index (κ3) is 6.18. The van der Waals surface area contributed by atoms with Gasteiger partial charge in [0, 0.05) is 4.47 Å². The van der Waals surface area contributed by atoms with Gasteiger partial charge in [0.15, 0.2) is 16.3 Å². The number of methoxy groups -OCH3 is 2. The topological polar surface area (TPSA) is 105 Å². The molecule has 4 aromatic rings. The number of fused-ring (bicyclic) bond motifs is 1. The molecule has 9 nitrogen and oxygen atoms in total. The second-order valence-electron chi connectivity index (χ2n) is 9.39. The molecule has 43 heavy (non-hydrogen) atoms. The van der Waals surface area contributed by atoms with Crippen LogP contribution >= 0.6 is 27.3 Å². The van der Waals surface area contributed by atoms with E-state index in [1.807, 2.05) is 18.2 Å². The Morgan fingerprint density at radius 1 is 1.00 bits per heavy atom. The van der Waals surface area contributed by atoms with Gasteiger partial charge in [-0.05, 0) is 73.5 Å². The summed E-state index contributed by atoms with van der Waals surface area (Å²) in [5.74, 6) is 0.138. The summed E-state index contributed by atoms with van der Waals surface area (Å²) in [7, 11) is 3.04. The Balaban J connectivity index is 1.55. The van der Waals surface area contributed by atoms with E-state index in [9.17, 15) is 14.4 Å². The molecule has 0 radical (unpaired) electrons. The van der Waals surface area contributed by atoms with E-state index in [4.69, 9.17) is 18.9 Å². The SMILES string of the molecule is CCOC(=O)C1=C(C)N=c2s/c(=C\c3ccc(OC(=O)c4cccc(Br)c4)c(OC)c3)c(=O)n2C1c1ccc(OC)cc1. The molecular weight excluding hydrogens is 636 g/mol. The van der Waals surface area contributed by atoms with Crippen LogP contribution in [0.25, 0.3) is 6.08 Å². The zero-order valence-electron chi connectivity index (χ0n) is 23.8. The lowest BCUT2D eigenvalue weighted by molar-refractivity contribution is -0.139. The fourth-order valence-corrected chi connectivity index (χ4v) is 6.12. The molecule has 1 unspecified atom stereocenters. The van der Waals surface area contributed by atoms with Crippen LogP contribution in [-0.2, 0) is 9.53 Å². The van der Waals surface area contributed by atoms with Gasteiger partial charge in [0.2, 0.25) is 0 Å². The highest BCUT2D eigenvalue weighted by Crippen LogP contribution is 2.32. The van der Waals surface area contributed by atoms with Crippen LogP contribution in [0, 0.1) is 0 Å². The maximum Gasteiger partial charge on any atom is 0.343 e. The number of aromatic nitrogens is 1. The zero-order chi connectivity index (χ0) is 30.7. The summed E-state index contributed by atoms with van der Waals surface area (Å²) in [6.07, 6.45) is 1.71. The fraction of sp³-hybridized carbons (Fsp3) is 0.188. The molecule has 1 aromatic heterocycles. The summed E-state index contributed by atoms with van der Waals surface area (Å²) < 4.78 is 24.4. The van der Waals surface area contributed by atoms with Crippen molar-refractivity contribution in [2.24, 2.45) is 4.99 Å². The molecule has 0 aliphatic carbocycles.